The van der Waals surface area contributed by atoms with E-state index in [4.69, 9.17) is 0 Å². The van der Waals surface area contributed by atoms with Crippen LogP contribution in [0, 0.1) is 0 Å². The van der Waals surface area contributed by atoms with E-state index >= 15 is 0 Å². The zero-order valence-electron chi connectivity index (χ0n) is 12.1. The number of benzene rings is 1. The lowest BCUT2D eigenvalue weighted by Gasteiger charge is -2.16. The molecule has 1 saturated heterocycles. The number of aryl methyl sites for hydroxylation is 1. The van der Waals surface area contributed by atoms with Crippen molar-refractivity contribution >= 4 is 5.91 Å². The molecule has 1 heterocycles. The third kappa shape index (κ3) is 4.32. The Bertz CT molecular complexity index is 422. The van der Waals surface area contributed by atoms with Crippen LogP contribution in [0.4, 0.5) is 0 Å². The average Bonchev–Trinajstić information content (AvgIpc) is 2.80. The molecule has 110 valence electrons. The lowest BCUT2D eigenvalue weighted by atomic mass is 10.1. The summed E-state index contributed by atoms with van der Waals surface area (Å²) in [7, 11) is 0. The van der Waals surface area contributed by atoms with Crippen molar-refractivity contribution in [1.82, 2.24) is 10.2 Å². The summed E-state index contributed by atoms with van der Waals surface area (Å²) in [6.07, 6.45) is 2.16. The van der Waals surface area contributed by atoms with Crippen LogP contribution in [0.15, 0.2) is 30.3 Å². The minimum absolute atomic E-state index is 0.0141. The summed E-state index contributed by atoms with van der Waals surface area (Å²) >= 11 is 0. The number of likely N-dealkylation sites (tertiary alicyclic amines) is 1. The number of hydrogen-bond acceptors (Lipinski definition) is 3. The van der Waals surface area contributed by atoms with E-state index in [2.05, 4.69) is 34.5 Å². The van der Waals surface area contributed by atoms with Crippen LogP contribution in [-0.4, -0.2) is 47.7 Å². The monoisotopic (exact) mass is 276 g/mol. The number of aliphatic hydroxyl groups is 1. The van der Waals surface area contributed by atoms with Gasteiger partial charge >= 0.3 is 0 Å². The van der Waals surface area contributed by atoms with Crippen molar-refractivity contribution in [3.05, 3.63) is 35.9 Å². The predicted octanol–water partition coefficient (Wildman–Crippen LogP) is 1.19. The molecule has 2 atom stereocenters. The van der Waals surface area contributed by atoms with Crippen LogP contribution in [-0.2, 0) is 11.2 Å². The Balaban J connectivity index is 1.71. The Labute approximate surface area is 120 Å². The SMILES string of the molecule is CCC(=O)N[C@H]1CN(CCCc2ccccc2)C[C@@H]1O. The molecule has 4 heteroatoms. The van der Waals surface area contributed by atoms with Crippen molar-refractivity contribution in [2.75, 3.05) is 19.6 Å². The molecule has 1 amide bonds. The Morgan fingerprint density at radius 2 is 2.10 bits per heavy atom. The summed E-state index contributed by atoms with van der Waals surface area (Å²) in [6, 6.07) is 10.3. The molecule has 1 aromatic rings. The number of carbonyl (C=O) groups is 1. The van der Waals surface area contributed by atoms with Crippen molar-refractivity contribution in [3.63, 3.8) is 0 Å². The minimum Gasteiger partial charge on any atom is -0.390 e. The lowest BCUT2D eigenvalue weighted by molar-refractivity contribution is -0.122. The summed E-state index contributed by atoms with van der Waals surface area (Å²) in [5, 5.41) is 12.8. The van der Waals surface area contributed by atoms with Crippen LogP contribution >= 0.6 is 0 Å². The smallest absolute Gasteiger partial charge is 0.220 e. The molecule has 0 saturated carbocycles. The normalized spacial score (nSPS) is 22.9. The summed E-state index contributed by atoms with van der Waals surface area (Å²) in [6.45, 7) is 4.20. The van der Waals surface area contributed by atoms with Crippen LogP contribution in [0.2, 0.25) is 0 Å². The molecule has 1 fully saturated rings. The second kappa shape index (κ2) is 7.41. The van der Waals surface area contributed by atoms with Gasteiger partial charge in [0.1, 0.15) is 0 Å². The topological polar surface area (TPSA) is 52.6 Å². The fourth-order valence-electron chi connectivity index (χ4n) is 2.65. The largest absolute Gasteiger partial charge is 0.390 e. The van der Waals surface area contributed by atoms with Gasteiger partial charge in [-0.2, -0.15) is 0 Å². The van der Waals surface area contributed by atoms with Gasteiger partial charge in [-0.05, 0) is 24.9 Å². The molecule has 0 aliphatic carbocycles. The molecular weight excluding hydrogens is 252 g/mol. The van der Waals surface area contributed by atoms with Crippen molar-refractivity contribution in [3.8, 4) is 0 Å². The molecule has 0 spiro atoms. The predicted molar refractivity (Wildman–Crippen MR) is 79.4 cm³/mol. The van der Waals surface area contributed by atoms with Gasteiger partial charge in [0.05, 0.1) is 12.1 Å². The van der Waals surface area contributed by atoms with E-state index in [0.29, 0.717) is 13.0 Å². The van der Waals surface area contributed by atoms with Gasteiger partial charge in [0.15, 0.2) is 0 Å². The zero-order chi connectivity index (χ0) is 14.4. The maximum Gasteiger partial charge on any atom is 0.220 e. The Morgan fingerprint density at radius 1 is 1.35 bits per heavy atom. The van der Waals surface area contributed by atoms with E-state index < -0.39 is 6.10 Å². The molecule has 1 aliphatic heterocycles. The molecular formula is C16H24N2O2. The van der Waals surface area contributed by atoms with Gasteiger partial charge in [0.2, 0.25) is 5.91 Å². The molecule has 1 aromatic carbocycles. The molecule has 4 nitrogen and oxygen atoms in total. The van der Waals surface area contributed by atoms with E-state index in [-0.39, 0.29) is 11.9 Å². The van der Waals surface area contributed by atoms with Gasteiger partial charge in [-0.1, -0.05) is 37.3 Å². The molecule has 2 N–H and O–H groups in total. The molecule has 0 radical (unpaired) electrons. The Kier molecular flexibility index (Phi) is 5.56. The summed E-state index contributed by atoms with van der Waals surface area (Å²) in [5.74, 6) is 0.0141. The fourth-order valence-corrected chi connectivity index (χ4v) is 2.65. The molecule has 2 rings (SSSR count). The first kappa shape index (κ1) is 15.0. The summed E-state index contributed by atoms with van der Waals surface area (Å²) in [5.41, 5.74) is 1.35. The van der Waals surface area contributed by atoms with E-state index in [9.17, 15) is 9.90 Å². The van der Waals surface area contributed by atoms with Gasteiger partial charge in [-0.15, -0.1) is 0 Å². The minimum atomic E-state index is -0.442. The molecule has 1 aliphatic rings. The van der Waals surface area contributed by atoms with Gasteiger partial charge in [-0.25, -0.2) is 0 Å². The highest BCUT2D eigenvalue weighted by molar-refractivity contribution is 5.76. The second-order valence-electron chi connectivity index (χ2n) is 5.44. The lowest BCUT2D eigenvalue weighted by Crippen LogP contribution is -2.42. The molecule has 0 bridgehead atoms. The summed E-state index contributed by atoms with van der Waals surface area (Å²) < 4.78 is 0. The number of rotatable bonds is 6. The number of hydrogen-bond donors (Lipinski definition) is 2. The number of nitrogens with zero attached hydrogens (tertiary/aromatic N) is 1. The van der Waals surface area contributed by atoms with Gasteiger partial charge < -0.3 is 10.4 Å². The number of carbonyl (C=O) groups excluding carboxylic acids is 1. The third-order valence-corrected chi connectivity index (χ3v) is 3.81. The molecule has 20 heavy (non-hydrogen) atoms. The number of amides is 1. The van der Waals surface area contributed by atoms with E-state index in [1.165, 1.54) is 5.56 Å². The second-order valence-corrected chi connectivity index (χ2v) is 5.44. The molecule has 0 aromatic heterocycles. The highest BCUT2D eigenvalue weighted by Crippen LogP contribution is 2.12. The van der Waals surface area contributed by atoms with Crippen LogP contribution in [0.5, 0.6) is 0 Å². The average molecular weight is 276 g/mol. The van der Waals surface area contributed by atoms with Gasteiger partial charge in [0, 0.05) is 19.5 Å². The fraction of sp³-hybridized carbons (Fsp3) is 0.562. The van der Waals surface area contributed by atoms with Gasteiger partial charge in [0.25, 0.3) is 0 Å². The van der Waals surface area contributed by atoms with Crippen molar-refractivity contribution in [1.29, 1.82) is 0 Å². The highest BCUT2D eigenvalue weighted by atomic mass is 16.3. The standard InChI is InChI=1S/C16H24N2O2/c1-2-16(20)17-14-11-18(12-15(14)19)10-6-9-13-7-4-3-5-8-13/h3-5,7-8,14-15,19H,2,6,9-12H2,1H3,(H,17,20)/t14-,15-/m0/s1. The highest BCUT2D eigenvalue weighted by Gasteiger charge is 2.31. The quantitative estimate of drug-likeness (QED) is 0.820. The maximum absolute atomic E-state index is 11.4. The Hall–Kier alpha value is -1.39. The first-order valence-electron chi connectivity index (χ1n) is 7.42. The number of β-amino-alcohol motifs (C(OH)–C–C–N with tert-alkyl or cyclic N) is 1. The van der Waals surface area contributed by atoms with Gasteiger partial charge in [-0.3, -0.25) is 9.69 Å². The van der Waals surface area contributed by atoms with E-state index in [1.54, 1.807) is 0 Å². The first-order valence-corrected chi connectivity index (χ1v) is 7.42. The summed E-state index contributed by atoms with van der Waals surface area (Å²) in [4.78, 5) is 13.6. The number of nitrogens with one attached hydrogen (secondary N) is 1. The van der Waals surface area contributed by atoms with Crippen molar-refractivity contribution in [2.24, 2.45) is 0 Å². The number of aliphatic hydroxyl groups excluding tert-OH is 1. The van der Waals surface area contributed by atoms with Crippen molar-refractivity contribution in [2.45, 2.75) is 38.3 Å². The molecule has 0 unspecified atom stereocenters. The zero-order valence-corrected chi connectivity index (χ0v) is 12.1. The van der Waals surface area contributed by atoms with Crippen LogP contribution in [0.25, 0.3) is 0 Å². The van der Waals surface area contributed by atoms with Crippen LogP contribution < -0.4 is 5.32 Å². The third-order valence-electron chi connectivity index (χ3n) is 3.81. The first-order chi connectivity index (χ1) is 9.69. The maximum atomic E-state index is 11.4. The van der Waals surface area contributed by atoms with Crippen LogP contribution in [0.1, 0.15) is 25.3 Å². The Morgan fingerprint density at radius 3 is 2.80 bits per heavy atom. The van der Waals surface area contributed by atoms with Crippen molar-refractivity contribution < 1.29 is 9.90 Å². The van der Waals surface area contributed by atoms with E-state index in [0.717, 1.165) is 25.9 Å². The van der Waals surface area contributed by atoms with Crippen LogP contribution in [0.3, 0.4) is 0 Å². The van der Waals surface area contributed by atoms with E-state index in [1.807, 2.05) is 13.0 Å².